The van der Waals surface area contributed by atoms with Crippen LogP contribution in [-0.4, -0.2) is 44.4 Å². The monoisotopic (exact) mass is 252 g/mol. The van der Waals surface area contributed by atoms with Gasteiger partial charge >= 0.3 is 17.9 Å². The van der Waals surface area contributed by atoms with Crippen molar-refractivity contribution >= 4 is 17.9 Å². The lowest BCUT2D eigenvalue weighted by Crippen LogP contribution is -2.19. The Morgan fingerprint density at radius 3 is 1.35 bits per heavy atom. The molecule has 0 aromatic heterocycles. The number of carbonyl (C=O) groups is 3. The van der Waals surface area contributed by atoms with Crippen molar-refractivity contribution in [3.05, 3.63) is 0 Å². The molecule has 100 valence electrons. The van der Waals surface area contributed by atoms with Crippen LogP contribution < -0.4 is 0 Å². The lowest BCUT2D eigenvalue weighted by atomic mass is 10.7. The van der Waals surface area contributed by atoms with Gasteiger partial charge in [-0.25, -0.2) is 18.8 Å². The highest BCUT2D eigenvalue weighted by Crippen LogP contribution is 1.83. The predicted molar refractivity (Wildman–Crippen MR) is 55.9 cm³/mol. The van der Waals surface area contributed by atoms with E-state index in [2.05, 4.69) is 14.2 Å². The van der Waals surface area contributed by atoms with Gasteiger partial charge in [0.15, 0.2) is 6.67 Å². The number of hydrogen-bond donors (Lipinski definition) is 0. The second kappa shape index (κ2) is 12.4. The summed E-state index contributed by atoms with van der Waals surface area (Å²) in [4.78, 5) is 30.7. The zero-order chi connectivity index (χ0) is 13.7. The molecule has 0 aromatic carbocycles. The van der Waals surface area contributed by atoms with E-state index in [1.165, 1.54) is 0 Å². The molecule has 6 nitrogen and oxygen atoms in total. The van der Waals surface area contributed by atoms with Crippen molar-refractivity contribution < 1.29 is 33.0 Å². The van der Waals surface area contributed by atoms with E-state index in [1.807, 2.05) is 0 Å². The van der Waals surface area contributed by atoms with Crippen molar-refractivity contribution in [2.75, 3.05) is 26.5 Å². The number of esters is 3. The first kappa shape index (κ1) is 17.7. The molecule has 0 aliphatic rings. The van der Waals surface area contributed by atoms with Gasteiger partial charge in [0.25, 0.3) is 0 Å². The van der Waals surface area contributed by atoms with E-state index < -0.39 is 24.6 Å². The molecule has 17 heavy (non-hydrogen) atoms. The smallest absolute Gasteiger partial charge is 0.417 e. The molecule has 0 spiro atoms. The summed E-state index contributed by atoms with van der Waals surface area (Å²) in [7, 11) is 0. The van der Waals surface area contributed by atoms with Crippen molar-refractivity contribution in [2.45, 2.75) is 20.8 Å². The van der Waals surface area contributed by atoms with E-state index in [-0.39, 0.29) is 19.8 Å². The molecule has 0 bridgehead atoms. The van der Waals surface area contributed by atoms with E-state index in [0.717, 1.165) is 0 Å². The Bertz CT molecular complexity index is 225. The van der Waals surface area contributed by atoms with Gasteiger partial charge in [0.05, 0.1) is 19.8 Å². The minimum absolute atomic E-state index is 0.192. The summed E-state index contributed by atoms with van der Waals surface area (Å²) < 4.78 is 24.0. The predicted octanol–water partition coefficient (Wildman–Crippen LogP) is 0.632. The van der Waals surface area contributed by atoms with Gasteiger partial charge in [-0.3, -0.25) is 0 Å². The Morgan fingerprint density at radius 2 is 1.18 bits per heavy atom. The Kier molecular flexibility index (Phi) is 12.9. The molecule has 0 aromatic rings. The molecule has 0 rings (SSSR count). The van der Waals surface area contributed by atoms with E-state index in [0.29, 0.717) is 0 Å². The third-order valence-corrected chi connectivity index (χ3v) is 1.13. The van der Waals surface area contributed by atoms with Crippen LogP contribution in [0.3, 0.4) is 0 Å². The molecule has 0 N–H and O–H groups in total. The summed E-state index contributed by atoms with van der Waals surface area (Å²) in [6.45, 7) is 4.49. The molecule has 0 unspecified atom stereocenters. The first-order valence-corrected chi connectivity index (χ1v) is 5.08. The first-order chi connectivity index (χ1) is 8.03. The highest BCUT2D eigenvalue weighted by molar-refractivity contribution is 6.29. The SMILES string of the molecule is CCOC(=O)C(=O)OCC.CCOC(=O)CF. The summed E-state index contributed by atoms with van der Waals surface area (Å²) in [5.41, 5.74) is 0. The number of ether oxygens (including phenoxy) is 3. The largest absolute Gasteiger partial charge is 0.464 e. The Morgan fingerprint density at radius 1 is 0.824 bits per heavy atom. The first-order valence-electron chi connectivity index (χ1n) is 5.08. The van der Waals surface area contributed by atoms with Gasteiger partial charge in [-0.05, 0) is 20.8 Å². The van der Waals surface area contributed by atoms with Gasteiger partial charge in [-0.15, -0.1) is 0 Å². The molecule has 0 radical (unpaired) electrons. The number of carbonyl (C=O) groups excluding carboxylic acids is 3. The number of hydrogen-bond acceptors (Lipinski definition) is 6. The van der Waals surface area contributed by atoms with Gasteiger partial charge in [0, 0.05) is 0 Å². The lowest BCUT2D eigenvalue weighted by molar-refractivity contribution is -0.167. The fourth-order valence-electron chi connectivity index (χ4n) is 0.580. The van der Waals surface area contributed by atoms with Crippen LogP contribution >= 0.6 is 0 Å². The van der Waals surface area contributed by atoms with Gasteiger partial charge < -0.3 is 14.2 Å². The highest BCUT2D eigenvalue weighted by atomic mass is 19.1. The quantitative estimate of drug-likeness (QED) is 0.415. The molecule has 0 atom stereocenters. The summed E-state index contributed by atoms with van der Waals surface area (Å²) >= 11 is 0. The summed E-state index contributed by atoms with van der Waals surface area (Å²) in [5.74, 6) is -2.64. The van der Waals surface area contributed by atoms with Crippen LogP contribution in [0.15, 0.2) is 0 Å². The van der Waals surface area contributed by atoms with Crippen LogP contribution in [0.4, 0.5) is 4.39 Å². The Labute approximate surface area is 99.0 Å². The maximum absolute atomic E-state index is 11.1. The lowest BCUT2D eigenvalue weighted by Gasteiger charge is -1.99. The molecular weight excluding hydrogens is 235 g/mol. The zero-order valence-electron chi connectivity index (χ0n) is 10.2. The fourth-order valence-corrected chi connectivity index (χ4v) is 0.580. The normalized spacial score (nSPS) is 8.47. The molecule has 0 saturated heterocycles. The second-order valence-electron chi connectivity index (χ2n) is 2.38. The van der Waals surface area contributed by atoms with Crippen molar-refractivity contribution in [3.8, 4) is 0 Å². The average Bonchev–Trinajstić information content (AvgIpc) is 2.30. The summed E-state index contributed by atoms with van der Waals surface area (Å²) in [5, 5.41) is 0. The van der Waals surface area contributed by atoms with Crippen LogP contribution in [0.1, 0.15) is 20.8 Å². The van der Waals surface area contributed by atoms with Crippen LogP contribution in [0.2, 0.25) is 0 Å². The van der Waals surface area contributed by atoms with Gasteiger partial charge in [0.2, 0.25) is 0 Å². The maximum atomic E-state index is 11.1. The standard InChI is InChI=1S/C6H10O4.C4H7FO2/c1-3-9-5(7)6(8)10-4-2;1-2-7-4(6)3-5/h3-4H2,1-2H3;2-3H2,1H3. The van der Waals surface area contributed by atoms with E-state index >= 15 is 0 Å². The third-order valence-electron chi connectivity index (χ3n) is 1.13. The average molecular weight is 252 g/mol. The van der Waals surface area contributed by atoms with Crippen molar-refractivity contribution in [1.29, 1.82) is 0 Å². The van der Waals surface area contributed by atoms with Crippen LogP contribution in [0, 0.1) is 0 Å². The van der Waals surface area contributed by atoms with E-state index in [1.54, 1.807) is 20.8 Å². The van der Waals surface area contributed by atoms with Crippen LogP contribution in [-0.2, 0) is 28.6 Å². The molecular formula is C10H17FO6. The Hall–Kier alpha value is -1.66. The molecule has 0 amide bonds. The Balaban J connectivity index is 0. The van der Waals surface area contributed by atoms with Crippen LogP contribution in [0.5, 0.6) is 0 Å². The van der Waals surface area contributed by atoms with Crippen molar-refractivity contribution in [2.24, 2.45) is 0 Å². The zero-order valence-corrected chi connectivity index (χ0v) is 10.2. The number of rotatable bonds is 4. The summed E-state index contributed by atoms with van der Waals surface area (Å²) in [6.07, 6.45) is 0. The second-order valence-corrected chi connectivity index (χ2v) is 2.38. The third kappa shape index (κ3) is 12.3. The molecule has 0 aliphatic carbocycles. The molecule has 7 heteroatoms. The molecule has 0 fully saturated rings. The van der Waals surface area contributed by atoms with E-state index in [9.17, 15) is 18.8 Å². The molecule has 0 saturated carbocycles. The van der Waals surface area contributed by atoms with E-state index in [4.69, 9.17) is 0 Å². The fraction of sp³-hybridized carbons (Fsp3) is 0.700. The number of halogens is 1. The molecule has 0 heterocycles. The topological polar surface area (TPSA) is 78.9 Å². The maximum Gasteiger partial charge on any atom is 0.417 e. The highest BCUT2D eigenvalue weighted by Gasteiger charge is 2.14. The number of alkyl halides is 1. The van der Waals surface area contributed by atoms with Gasteiger partial charge in [-0.1, -0.05) is 0 Å². The minimum atomic E-state index is -1.02. The van der Waals surface area contributed by atoms with Crippen LogP contribution in [0.25, 0.3) is 0 Å². The van der Waals surface area contributed by atoms with Gasteiger partial charge in [-0.2, -0.15) is 0 Å². The van der Waals surface area contributed by atoms with Gasteiger partial charge in [0.1, 0.15) is 0 Å². The van der Waals surface area contributed by atoms with Crippen molar-refractivity contribution in [3.63, 3.8) is 0 Å². The molecule has 0 aliphatic heterocycles. The van der Waals surface area contributed by atoms with Crippen molar-refractivity contribution in [1.82, 2.24) is 0 Å². The minimum Gasteiger partial charge on any atom is -0.464 e. The summed E-state index contributed by atoms with van der Waals surface area (Å²) in [6, 6.07) is 0.